The summed E-state index contributed by atoms with van der Waals surface area (Å²) in [5.74, 6) is -0.453. The number of H-pyrrole nitrogens is 1. The summed E-state index contributed by atoms with van der Waals surface area (Å²) in [6, 6.07) is 13.5. The molecule has 0 aliphatic carbocycles. The van der Waals surface area contributed by atoms with E-state index in [0.717, 1.165) is 40.8 Å². The molecule has 2 aromatic carbocycles. The molecule has 2 fully saturated rings. The molecule has 5 rings (SSSR count). The molecule has 0 radical (unpaired) electrons. The smallest absolute Gasteiger partial charge is 0.407 e. The predicted octanol–water partition coefficient (Wildman–Crippen LogP) is 4.69. The first-order valence-corrected chi connectivity index (χ1v) is 17.8. The number of amides is 5. The van der Waals surface area contributed by atoms with Crippen LogP contribution in [0.4, 0.5) is 9.59 Å². The summed E-state index contributed by atoms with van der Waals surface area (Å²) in [5, 5.41) is 17.1. The van der Waals surface area contributed by atoms with Crippen molar-refractivity contribution in [2.75, 3.05) is 20.2 Å². The molecule has 4 atom stereocenters. The maximum Gasteiger partial charge on any atom is 0.407 e. The second kappa shape index (κ2) is 16.7. The molecule has 3 aromatic rings. The van der Waals surface area contributed by atoms with Gasteiger partial charge in [-0.1, -0.05) is 76.2 Å². The highest BCUT2D eigenvalue weighted by Gasteiger charge is 2.39. The van der Waals surface area contributed by atoms with Crippen LogP contribution >= 0.6 is 0 Å². The summed E-state index contributed by atoms with van der Waals surface area (Å²) in [6.45, 7) is 8.60. The maximum atomic E-state index is 13.5. The molecular weight excluding hydrogens is 666 g/mol. The molecule has 14 heteroatoms. The minimum absolute atomic E-state index is 0.114. The van der Waals surface area contributed by atoms with Gasteiger partial charge in [-0.25, -0.2) is 14.6 Å². The van der Waals surface area contributed by atoms with Crippen molar-refractivity contribution in [2.24, 2.45) is 11.8 Å². The lowest BCUT2D eigenvalue weighted by Gasteiger charge is -2.30. The number of rotatable bonds is 12. The lowest BCUT2D eigenvalue weighted by molar-refractivity contribution is -0.140. The summed E-state index contributed by atoms with van der Waals surface area (Å²) in [7, 11) is 1.28. The second-order valence-corrected chi connectivity index (χ2v) is 14.1. The zero-order chi connectivity index (χ0) is 37.5. The zero-order valence-electron chi connectivity index (χ0n) is 30.3. The normalized spacial score (nSPS) is 18.3. The number of alkyl carbamates (subject to hydrolysis) is 1. The Labute approximate surface area is 303 Å². The molecule has 5 amide bonds. The molecule has 1 aromatic heterocycles. The Hall–Kier alpha value is -5.40. The van der Waals surface area contributed by atoms with Crippen LogP contribution in [0.3, 0.4) is 0 Å². The molecule has 2 saturated heterocycles. The molecule has 5 N–H and O–H groups in total. The van der Waals surface area contributed by atoms with Crippen LogP contribution in [0.15, 0.2) is 54.7 Å². The van der Waals surface area contributed by atoms with Crippen molar-refractivity contribution in [1.29, 1.82) is 0 Å². The number of carbonyl (C=O) groups excluding carboxylic acids is 4. The first kappa shape index (κ1) is 37.8. The average Bonchev–Trinajstić information content (AvgIpc) is 3.93. The Balaban J connectivity index is 1.18. The standard InChI is InChI=1S/C38H49N7O7/c1-22(2)31(42-37(49)50)35(47)45-19-7-9-30(45)34(46)40-20-24-10-12-25(13-11-24)26-14-16-27(17-15-26)28-21-39-33(41-28)29-8-6-18-44(29)36(48)32(23(3)4)43-38(51)52-5/h10-17,21-23,29-32,42H,6-9,18-20H2,1-5H3,(H,39,41)(H,40,46)(H,43,51)(H,49,50)/t29-,30-,31-,32-/m0/s1. The first-order valence-electron chi connectivity index (χ1n) is 17.8. The van der Waals surface area contributed by atoms with E-state index in [2.05, 4.69) is 25.9 Å². The molecule has 2 aliphatic rings. The summed E-state index contributed by atoms with van der Waals surface area (Å²) < 4.78 is 4.73. The molecule has 14 nitrogen and oxygen atoms in total. The van der Waals surface area contributed by atoms with Gasteiger partial charge in [0, 0.05) is 19.6 Å². The number of likely N-dealkylation sites (tertiary alicyclic amines) is 2. The fraction of sp³-hybridized carbons (Fsp3) is 0.474. The monoisotopic (exact) mass is 715 g/mol. The van der Waals surface area contributed by atoms with Crippen molar-refractivity contribution < 1.29 is 33.8 Å². The van der Waals surface area contributed by atoms with Crippen LogP contribution in [0.2, 0.25) is 0 Å². The van der Waals surface area contributed by atoms with E-state index in [1.165, 1.54) is 12.0 Å². The van der Waals surface area contributed by atoms with E-state index >= 15 is 0 Å². The van der Waals surface area contributed by atoms with Crippen LogP contribution in [0, 0.1) is 11.8 Å². The topological polar surface area (TPSA) is 186 Å². The minimum atomic E-state index is -1.27. The fourth-order valence-electron chi connectivity index (χ4n) is 6.94. The Morgan fingerprint density at radius 3 is 2.00 bits per heavy atom. The van der Waals surface area contributed by atoms with Gasteiger partial charge in [0.05, 0.1) is 25.0 Å². The third kappa shape index (κ3) is 8.72. The lowest BCUT2D eigenvalue weighted by atomic mass is 10.0. The van der Waals surface area contributed by atoms with Crippen molar-refractivity contribution in [2.45, 2.75) is 84.1 Å². The number of carbonyl (C=O) groups is 5. The second-order valence-electron chi connectivity index (χ2n) is 14.1. The highest BCUT2D eigenvalue weighted by Crippen LogP contribution is 2.33. The molecule has 52 heavy (non-hydrogen) atoms. The number of methoxy groups -OCH3 is 1. The van der Waals surface area contributed by atoms with Gasteiger partial charge in [-0.05, 0) is 59.8 Å². The highest BCUT2D eigenvalue weighted by atomic mass is 16.5. The Bertz CT molecular complexity index is 1740. The Morgan fingerprint density at radius 1 is 0.827 bits per heavy atom. The van der Waals surface area contributed by atoms with Crippen molar-refractivity contribution in [3.05, 3.63) is 66.1 Å². The van der Waals surface area contributed by atoms with Crippen LogP contribution in [-0.4, -0.2) is 93.1 Å². The summed E-state index contributed by atoms with van der Waals surface area (Å²) in [6.07, 6.45) is 2.67. The van der Waals surface area contributed by atoms with E-state index in [1.807, 2.05) is 62.4 Å². The van der Waals surface area contributed by atoms with Gasteiger partial charge < -0.3 is 40.6 Å². The van der Waals surface area contributed by atoms with Crippen LogP contribution in [0.5, 0.6) is 0 Å². The van der Waals surface area contributed by atoms with E-state index < -0.39 is 30.3 Å². The third-order valence-electron chi connectivity index (χ3n) is 9.84. The van der Waals surface area contributed by atoms with Crippen molar-refractivity contribution in [3.63, 3.8) is 0 Å². The van der Waals surface area contributed by atoms with Crippen molar-refractivity contribution >= 4 is 29.9 Å². The number of hydrogen-bond acceptors (Lipinski definition) is 7. The fourth-order valence-corrected chi connectivity index (χ4v) is 6.94. The van der Waals surface area contributed by atoms with E-state index in [0.29, 0.717) is 38.3 Å². The number of nitrogens with one attached hydrogen (secondary N) is 4. The van der Waals surface area contributed by atoms with Crippen LogP contribution < -0.4 is 16.0 Å². The number of imidazole rings is 1. The number of ether oxygens (including phenoxy) is 1. The quantitative estimate of drug-likeness (QED) is 0.179. The highest BCUT2D eigenvalue weighted by molar-refractivity contribution is 5.92. The van der Waals surface area contributed by atoms with Crippen molar-refractivity contribution in [1.82, 2.24) is 35.7 Å². The maximum absolute atomic E-state index is 13.5. The Kier molecular flexibility index (Phi) is 12.2. The van der Waals surface area contributed by atoms with Gasteiger partial charge in [0.15, 0.2) is 0 Å². The number of nitrogens with zero attached hydrogens (tertiary/aromatic N) is 3. The average molecular weight is 716 g/mol. The SMILES string of the molecule is COC(=O)N[C@H](C(=O)N1CCC[C@H]1c1ncc(-c2ccc(-c3ccc(CNC(=O)[C@@H]4CCCN4C(=O)[C@@H](NC(=O)O)C(C)C)cc3)cc2)[nH]1)C(C)C. The van der Waals surface area contributed by atoms with Gasteiger partial charge in [-0.3, -0.25) is 14.4 Å². The van der Waals surface area contributed by atoms with Crippen LogP contribution in [-0.2, 0) is 25.7 Å². The molecule has 3 heterocycles. The number of carboxylic acid groups (broad SMARTS) is 1. The van der Waals surface area contributed by atoms with E-state index in [9.17, 15) is 29.1 Å². The number of aromatic amines is 1. The third-order valence-corrected chi connectivity index (χ3v) is 9.84. The summed E-state index contributed by atoms with van der Waals surface area (Å²) in [5.41, 5.74) is 4.70. The van der Waals surface area contributed by atoms with Gasteiger partial charge in [0.25, 0.3) is 0 Å². The van der Waals surface area contributed by atoms with E-state index in [4.69, 9.17) is 4.74 Å². The minimum Gasteiger partial charge on any atom is -0.465 e. The van der Waals surface area contributed by atoms with E-state index in [-0.39, 0.29) is 35.6 Å². The lowest BCUT2D eigenvalue weighted by Crippen LogP contribution is -2.55. The number of hydrogen-bond donors (Lipinski definition) is 5. The zero-order valence-corrected chi connectivity index (χ0v) is 30.3. The van der Waals surface area contributed by atoms with Gasteiger partial charge >= 0.3 is 12.2 Å². The van der Waals surface area contributed by atoms with Gasteiger partial charge in [0.2, 0.25) is 17.7 Å². The van der Waals surface area contributed by atoms with Gasteiger partial charge in [-0.2, -0.15) is 0 Å². The molecule has 0 unspecified atom stereocenters. The van der Waals surface area contributed by atoms with Gasteiger partial charge in [0.1, 0.15) is 23.9 Å². The molecule has 2 aliphatic heterocycles. The molecule has 0 saturated carbocycles. The van der Waals surface area contributed by atoms with Crippen LogP contribution in [0.25, 0.3) is 22.4 Å². The Morgan fingerprint density at radius 2 is 1.38 bits per heavy atom. The van der Waals surface area contributed by atoms with Gasteiger partial charge in [-0.15, -0.1) is 0 Å². The van der Waals surface area contributed by atoms with Crippen molar-refractivity contribution in [3.8, 4) is 22.4 Å². The number of aromatic nitrogens is 2. The summed E-state index contributed by atoms with van der Waals surface area (Å²) in [4.78, 5) is 74.2. The molecular formula is C38H49N7O7. The molecule has 0 bridgehead atoms. The first-order chi connectivity index (χ1) is 24.9. The predicted molar refractivity (Wildman–Crippen MR) is 194 cm³/mol. The van der Waals surface area contributed by atoms with E-state index in [1.54, 1.807) is 24.9 Å². The number of benzene rings is 2. The molecule has 278 valence electrons. The molecule has 0 spiro atoms. The summed E-state index contributed by atoms with van der Waals surface area (Å²) >= 11 is 0. The van der Waals surface area contributed by atoms with Crippen LogP contribution in [0.1, 0.15) is 70.8 Å². The largest absolute Gasteiger partial charge is 0.465 e.